The third-order valence-corrected chi connectivity index (χ3v) is 2.73. The highest BCUT2D eigenvalue weighted by molar-refractivity contribution is 5.60. The molecule has 1 heterocycles. The van der Waals surface area contributed by atoms with Crippen molar-refractivity contribution in [3.63, 3.8) is 0 Å². The number of aryl methyl sites for hydroxylation is 1. The van der Waals surface area contributed by atoms with Crippen molar-refractivity contribution in [1.82, 2.24) is 9.66 Å². The molecule has 0 aliphatic rings. The average molecular weight is 215 g/mol. The molecule has 2 N–H and O–H groups in total. The Labute approximate surface area is 95.9 Å². The Morgan fingerprint density at radius 2 is 1.94 bits per heavy atom. The van der Waals surface area contributed by atoms with Crippen LogP contribution in [0.25, 0.3) is 11.4 Å². The molecule has 1 aromatic heterocycles. The van der Waals surface area contributed by atoms with E-state index in [-0.39, 0.29) is 0 Å². The second kappa shape index (κ2) is 4.00. The number of aromatic nitrogens is 2. The Bertz CT molecular complexity index is 498. The van der Waals surface area contributed by atoms with Crippen molar-refractivity contribution in [1.29, 1.82) is 0 Å². The number of nitrogens with two attached hydrogens (primary N) is 1. The van der Waals surface area contributed by atoms with E-state index in [9.17, 15) is 0 Å². The van der Waals surface area contributed by atoms with Gasteiger partial charge in [-0.15, -0.1) is 0 Å². The summed E-state index contributed by atoms with van der Waals surface area (Å²) in [7, 11) is 0. The second-order valence-electron chi connectivity index (χ2n) is 4.37. The molecule has 3 heteroatoms. The molecule has 2 rings (SSSR count). The van der Waals surface area contributed by atoms with E-state index < -0.39 is 0 Å². The molecule has 0 aliphatic carbocycles. The van der Waals surface area contributed by atoms with Gasteiger partial charge in [-0.25, -0.2) is 4.98 Å². The SMILES string of the molecule is Cc1ccccc1-c1nc(C(C)C)cn1N. The van der Waals surface area contributed by atoms with Gasteiger partial charge in [0.25, 0.3) is 0 Å². The van der Waals surface area contributed by atoms with E-state index in [1.807, 2.05) is 24.4 Å². The summed E-state index contributed by atoms with van der Waals surface area (Å²) in [5.74, 6) is 7.17. The maximum absolute atomic E-state index is 5.93. The predicted molar refractivity (Wildman–Crippen MR) is 66.6 cm³/mol. The van der Waals surface area contributed by atoms with Gasteiger partial charge in [0.05, 0.1) is 5.69 Å². The molecule has 3 nitrogen and oxygen atoms in total. The fourth-order valence-electron chi connectivity index (χ4n) is 1.71. The number of hydrogen-bond donors (Lipinski definition) is 1. The van der Waals surface area contributed by atoms with Crippen molar-refractivity contribution in [2.45, 2.75) is 26.7 Å². The molecule has 0 saturated heterocycles. The van der Waals surface area contributed by atoms with Gasteiger partial charge in [0.15, 0.2) is 5.82 Å². The molecule has 0 radical (unpaired) electrons. The van der Waals surface area contributed by atoms with Crippen LogP contribution in [0.1, 0.15) is 31.0 Å². The molecule has 0 aliphatic heterocycles. The zero-order valence-corrected chi connectivity index (χ0v) is 9.94. The van der Waals surface area contributed by atoms with Crippen LogP contribution in [-0.4, -0.2) is 9.66 Å². The molecule has 0 atom stereocenters. The third-order valence-electron chi connectivity index (χ3n) is 2.73. The summed E-state index contributed by atoms with van der Waals surface area (Å²) in [4.78, 5) is 4.58. The topological polar surface area (TPSA) is 43.8 Å². The summed E-state index contributed by atoms with van der Waals surface area (Å²) in [6.45, 7) is 6.30. The lowest BCUT2D eigenvalue weighted by Crippen LogP contribution is -2.08. The van der Waals surface area contributed by atoms with Gasteiger partial charge in [0, 0.05) is 11.8 Å². The lowest BCUT2D eigenvalue weighted by molar-refractivity contribution is 0.831. The Hall–Kier alpha value is -1.77. The predicted octanol–water partition coefficient (Wildman–Crippen LogP) is 2.70. The largest absolute Gasteiger partial charge is 0.338 e. The van der Waals surface area contributed by atoms with Crippen molar-refractivity contribution in [2.24, 2.45) is 0 Å². The second-order valence-corrected chi connectivity index (χ2v) is 4.37. The lowest BCUT2D eigenvalue weighted by Gasteiger charge is -2.04. The van der Waals surface area contributed by atoms with Crippen molar-refractivity contribution >= 4 is 0 Å². The highest BCUT2D eigenvalue weighted by Gasteiger charge is 2.11. The summed E-state index contributed by atoms with van der Waals surface area (Å²) in [5.41, 5.74) is 3.31. The van der Waals surface area contributed by atoms with E-state index in [0.29, 0.717) is 5.92 Å². The summed E-state index contributed by atoms with van der Waals surface area (Å²) in [6.07, 6.45) is 1.90. The third kappa shape index (κ3) is 1.81. The van der Waals surface area contributed by atoms with Gasteiger partial charge < -0.3 is 5.84 Å². The van der Waals surface area contributed by atoms with E-state index in [1.165, 1.54) is 5.56 Å². The van der Waals surface area contributed by atoms with Crippen LogP contribution in [0.2, 0.25) is 0 Å². The van der Waals surface area contributed by atoms with Gasteiger partial charge in [0.2, 0.25) is 0 Å². The zero-order valence-electron chi connectivity index (χ0n) is 9.94. The first-order valence-corrected chi connectivity index (χ1v) is 5.50. The van der Waals surface area contributed by atoms with E-state index >= 15 is 0 Å². The quantitative estimate of drug-likeness (QED) is 0.783. The molecular weight excluding hydrogens is 198 g/mol. The first-order valence-electron chi connectivity index (χ1n) is 5.50. The highest BCUT2D eigenvalue weighted by Crippen LogP contribution is 2.23. The van der Waals surface area contributed by atoms with Crippen LogP contribution in [0.15, 0.2) is 30.5 Å². The van der Waals surface area contributed by atoms with Crippen molar-refractivity contribution in [3.8, 4) is 11.4 Å². The molecule has 16 heavy (non-hydrogen) atoms. The summed E-state index contributed by atoms with van der Waals surface area (Å²) < 4.78 is 1.61. The molecule has 0 unspecified atom stereocenters. The Morgan fingerprint density at radius 1 is 1.25 bits per heavy atom. The minimum Gasteiger partial charge on any atom is -0.338 e. The fraction of sp³-hybridized carbons (Fsp3) is 0.308. The van der Waals surface area contributed by atoms with E-state index in [2.05, 4.69) is 31.8 Å². The van der Waals surface area contributed by atoms with Crippen LogP contribution >= 0.6 is 0 Å². The number of nitrogen functional groups attached to an aromatic ring is 1. The smallest absolute Gasteiger partial charge is 0.158 e. The Balaban J connectivity index is 2.52. The number of imidazole rings is 1. The molecule has 0 fully saturated rings. The van der Waals surface area contributed by atoms with Crippen molar-refractivity contribution < 1.29 is 0 Å². The van der Waals surface area contributed by atoms with Gasteiger partial charge in [0.1, 0.15) is 0 Å². The first-order chi connectivity index (χ1) is 7.59. The monoisotopic (exact) mass is 215 g/mol. The molecule has 0 amide bonds. The molecule has 84 valence electrons. The lowest BCUT2D eigenvalue weighted by atomic mass is 10.1. The van der Waals surface area contributed by atoms with Crippen LogP contribution in [-0.2, 0) is 0 Å². The van der Waals surface area contributed by atoms with Crippen LogP contribution in [0, 0.1) is 6.92 Å². The minimum absolute atomic E-state index is 0.396. The highest BCUT2D eigenvalue weighted by atomic mass is 15.3. The zero-order chi connectivity index (χ0) is 11.7. The summed E-state index contributed by atoms with van der Waals surface area (Å²) >= 11 is 0. The maximum Gasteiger partial charge on any atom is 0.158 e. The maximum atomic E-state index is 5.93. The van der Waals surface area contributed by atoms with Crippen LogP contribution in [0.5, 0.6) is 0 Å². The van der Waals surface area contributed by atoms with Crippen LogP contribution in [0.3, 0.4) is 0 Å². The Morgan fingerprint density at radius 3 is 2.50 bits per heavy atom. The van der Waals surface area contributed by atoms with E-state index in [4.69, 9.17) is 5.84 Å². The number of benzene rings is 1. The van der Waals surface area contributed by atoms with Crippen LogP contribution in [0.4, 0.5) is 0 Å². The molecule has 0 saturated carbocycles. The number of hydrogen-bond acceptors (Lipinski definition) is 2. The van der Waals surface area contributed by atoms with Gasteiger partial charge in [-0.3, -0.25) is 4.68 Å². The summed E-state index contributed by atoms with van der Waals surface area (Å²) in [6, 6.07) is 8.14. The number of nitrogens with zero attached hydrogens (tertiary/aromatic N) is 2. The van der Waals surface area contributed by atoms with Crippen molar-refractivity contribution in [3.05, 3.63) is 41.7 Å². The number of rotatable bonds is 2. The molecule has 0 spiro atoms. The summed E-state index contributed by atoms with van der Waals surface area (Å²) in [5, 5.41) is 0. The standard InChI is InChI=1S/C13H17N3/c1-9(2)12-8-16(14)13(15-12)11-7-5-4-6-10(11)3/h4-9H,14H2,1-3H3. The molecular formula is C13H17N3. The average Bonchev–Trinajstić information content (AvgIpc) is 2.61. The van der Waals surface area contributed by atoms with E-state index in [1.54, 1.807) is 4.68 Å². The molecule has 1 aromatic carbocycles. The van der Waals surface area contributed by atoms with Gasteiger partial charge in [-0.2, -0.15) is 0 Å². The first kappa shape index (κ1) is 10.7. The van der Waals surface area contributed by atoms with E-state index in [0.717, 1.165) is 17.1 Å². The minimum atomic E-state index is 0.396. The fourth-order valence-corrected chi connectivity index (χ4v) is 1.71. The Kier molecular flexibility index (Phi) is 2.69. The normalized spacial score (nSPS) is 11.0. The molecule has 0 bridgehead atoms. The van der Waals surface area contributed by atoms with Crippen molar-refractivity contribution in [2.75, 3.05) is 5.84 Å². The van der Waals surface area contributed by atoms with Gasteiger partial charge >= 0.3 is 0 Å². The van der Waals surface area contributed by atoms with Gasteiger partial charge in [-0.05, 0) is 18.4 Å². The van der Waals surface area contributed by atoms with Crippen LogP contribution < -0.4 is 5.84 Å². The van der Waals surface area contributed by atoms with Gasteiger partial charge in [-0.1, -0.05) is 38.1 Å². The molecule has 2 aromatic rings.